The first kappa shape index (κ1) is 13.9. The van der Waals surface area contributed by atoms with Crippen molar-refractivity contribution in [2.24, 2.45) is 0 Å². The fraction of sp³-hybridized carbons (Fsp3) is 0.0909. The molecule has 3 nitrogen and oxygen atoms in total. The van der Waals surface area contributed by atoms with E-state index < -0.39 is 22.7 Å². The van der Waals surface area contributed by atoms with Gasteiger partial charge in [0.1, 0.15) is 5.75 Å². The van der Waals surface area contributed by atoms with E-state index in [1.807, 2.05) is 0 Å². The highest BCUT2D eigenvalue weighted by Gasteiger charge is 2.16. The van der Waals surface area contributed by atoms with E-state index in [1.165, 1.54) is 18.2 Å². The number of para-hydroxylation sites is 1. The van der Waals surface area contributed by atoms with Gasteiger partial charge in [-0.1, -0.05) is 35.3 Å². The summed E-state index contributed by atoms with van der Waals surface area (Å²) < 4.78 is 42.0. The molecule has 0 saturated carbocycles. The summed E-state index contributed by atoms with van der Waals surface area (Å²) >= 11 is 11.1. The number of ether oxygens (including phenoxy) is 1. The van der Waals surface area contributed by atoms with Crippen molar-refractivity contribution < 1.29 is 17.9 Å². The summed E-state index contributed by atoms with van der Waals surface area (Å²) in [6, 6.07) is 5.78. The summed E-state index contributed by atoms with van der Waals surface area (Å²) in [5, 5.41) is -0.997. The zero-order valence-corrected chi connectivity index (χ0v) is 10.6. The van der Waals surface area contributed by atoms with Gasteiger partial charge in [0.05, 0.1) is 5.56 Å². The molecule has 0 unspecified atom stereocenters. The molecule has 19 heavy (non-hydrogen) atoms. The molecule has 0 amide bonds. The molecule has 1 heterocycles. The molecule has 1 aromatic heterocycles. The van der Waals surface area contributed by atoms with Gasteiger partial charge < -0.3 is 4.74 Å². The van der Waals surface area contributed by atoms with Crippen molar-refractivity contribution in [3.05, 3.63) is 40.4 Å². The Morgan fingerprint density at radius 2 is 1.63 bits per heavy atom. The third kappa shape index (κ3) is 3.08. The van der Waals surface area contributed by atoms with Crippen LogP contribution in [0.15, 0.2) is 24.3 Å². The normalized spacial score (nSPS) is 10.8. The van der Waals surface area contributed by atoms with Crippen LogP contribution in [0.2, 0.25) is 10.3 Å². The molecule has 0 aliphatic heterocycles. The summed E-state index contributed by atoms with van der Waals surface area (Å²) in [5.41, 5.74) is 0.131. The Bertz CT molecular complexity index is 587. The second-order valence-corrected chi connectivity index (χ2v) is 4.03. The highest BCUT2D eigenvalue weighted by Crippen LogP contribution is 2.31. The maximum Gasteiger partial charge on any atom is 0.387 e. The molecule has 0 saturated heterocycles. The molecular formula is C11H5Cl2F3N2O. The van der Waals surface area contributed by atoms with E-state index in [0.29, 0.717) is 0 Å². The number of nitrogens with zero attached hydrogens (tertiary/aromatic N) is 2. The summed E-state index contributed by atoms with van der Waals surface area (Å²) in [7, 11) is 0. The zero-order valence-electron chi connectivity index (χ0n) is 9.08. The number of hydrogen-bond acceptors (Lipinski definition) is 3. The van der Waals surface area contributed by atoms with Gasteiger partial charge in [0, 0.05) is 0 Å². The quantitative estimate of drug-likeness (QED) is 0.797. The van der Waals surface area contributed by atoms with Crippen LogP contribution in [0.4, 0.5) is 13.2 Å². The van der Waals surface area contributed by atoms with E-state index in [0.717, 1.165) is 0 Å². The average molecular weight is 309 g/mol. The van der Waals surface area contributed by atoms with Crippen molar-refractivity contribution in [2.45, 2.75) is 6.61 Å². The molecule has 0 aliphatic carbocycles. The predicted octanol–water partition coefficient (Wildman–Crippen LogP) is 4.19. The number of hydrogen-bond donors (Lipinski definition) is 0. The van der Waals surface area contributed by atoms with Crippen LogP contribution in [0.1, 0.15) is 0 Å². The van der Waals surface area contributed by atoms with Crippen LogP contribution in [-0.4, -0.2) is 16.6 Å². The van der Waals surface area contributed by atoms with Gasteiger partial charge in [-0.05, 0) is 12.1 Å². The molecule has 8 heteroatoms. The minimum Gasteiger partial charge on any atom is -0.434 e. The number of aromatic nitrogens is 2. The second kappa shape index (κ2) is 5.63. The van der Waals surface area contributed by atoms with Gasteiger partial charge >= 0.3 is 6.61 Å². The van der Waals surface area contributed by atoms with E-state index in [-0.39, 0.29) is 17.1 Å². The Morgan fingerprint density at radius 1 is 1.05 bits per heavy atom. The second-order valence-electron chi connectivity index (χ2n) is 3.32. The van der Waals surface area contributed by atoms with E-state index >= 15 is 0 Å². The van der Waals surface area contributed by atoms with Crippen LogP contribution in [0.5, 0.6) is 5.75 Å². The van der Waals surface area contributed by atoms with Crippen LogP contribution in [-0.2, 0) is 0 Å². The number of alkyl halides is 2. The molecule has 0 bridgehead atoms. The maximum absolute atomic E-state index is 13.2. The first-order chi connectivity index (χ1) is 8.99. The van der Waals surface area contributed by atoms with Gasteiger partial charge in [0.15, 0.2) is 21.9 Å². The van der Waals surface area contributed by atoms with Gasteiger partial charge in [0.25, 0.3) is 0 Å². The molecular weight excluding hydrogens is 304 g/mol. The van der Waals surface area contributed by atoms with Crippen LogP contribution in [0, 0.1) is 5.82 Å². The molecule has 2 aromatic rings. The summed E-state index contributed by atoms with van der Waals surface area (Å²) in [4.78, 5) is 7.28. The third-order valence-electron chi connectivity index (χ3n) is 2.11. The summed E-state index contributed by atoms with van der Waals surface area (Å²) in [6.07, 6.45) is 0. The van der Waals surface area contributed by atoms with Crippen molar-refractivity contribution in [3.63, 3.8) is 0 Å². The van der Waals surface area contributed by atoms with E-state index in [1.54, 1.807) is 6.07 Å². The number of halogens is 5. The predicted molar refractivity (Wildman–Crippen MR) is 64.1 cm³/mol. The summed E-state index contributed by atoms with van der Waals surface area (Å²) in [6.45, 7) is -3.01. The first-order valence-corrected chi connectivity index (χ1v) is 5.67. The van der Waals surface area contributed by atoms with E-state index in [2.05, 4.69) is 14.7 Å². The standard InChI is InChI=1S/C11H5Cl2F3N2O/c12-8-7(14)9(13)18-10(17-8)5-3-1-2-4-6(5)19-11(15)16/h1-4,11H. The van der Waals surface area contributed by atoms with Crippen LogP contribution < -0.4 is 4.74 Å². The molecule has 2 rings (SSSR count). The van der Waals surface area contributed by atoms with Crippen molar-refractivity contribution in [1.29, 1.82) is 0 Å². The van der Waals surface area contributed by atoms with Crippen LogP contribution in [0.25, 0.3) is 11.4 Å². The number of benzene rings is 1. The highest BCUT2D eigenvalue weighted by molar-refractivity contribution is 6.33. The Morgan fingerprint density at radius 3 is 2.21 bits per heavy atom. The lowest BCUT2D eigenvalue weighted by atomic mass is 10.2. The van der Waals surface area contributed by atoms with Crippen molar-refractivity contribution in [1.82, 2.24) is 9.97 Å². The fourth-order valence-corrected chi connectivity index (χ4v) is 1.75. The molecule has 0 atom stereocenters. The van der Waals surface area contributed by atoms with Crippen LogP contribution >= 0.6 is 23.2 Å². The molecule has 0 spiro atoms. The fourth-order valence-electron chi connectivity index (χ4n) is 1.36. The zero-order chi connectivity index (χ0) is 14.0. The first-order valence-electron chi connectivity index (χ1n) is 4.91. The van der Waals surface area contributed by atoms with Crippen molar-refractivity contribution in [2.75, 3.05) is 0 Å². The highest BCUT2D eigenvalue weighted by atomic mass is 35.5. The third-order valence-corrected chi connectivity index (χ3v) is 2.62. The Kier molecular flexibility index (Phi) is 4.11. The minimum atomic E-state index is -3.01. The van der Waals surface area contributed by atoms with Gasteiger partial charge in [-0.3, -0.25) is 0 Å². The van der Waals surface area contributed by atoms with Gasteiger partial charge in [-0.2, -0.15) is 8.78 Å². The van der Waals surface area contributed by atoms with E-state index in [4.69, 9.17) is 23.2 Å². The lowest BCUT2D eigenvalue weighted by molar-refractivity contribution is -0.0494. The molecule has 0 radical (unpaired) electrons. The SMILES string of the molecule is Fc1c(Cl)nc(-c2ccccc2OC(F)F)nc1Cl. The smallest absolute Gasteiger partial charge is 0.387 e. The van der Waals surface area contributed by atoms with Gasteiger partial charge in [0.2, 0.25) is 0 Å². The Balaban J connectivity index is 2.53. The van der Waals surface area contributed by atoms with Gasteiger partial charge in [-0.15, -0.1) is 0 Å². The van der Waals surface area contributed by atoms with Crippen LogP contribution in [0.3, 0.4) is 0 Å². The largest absolute Gasteiger partial charge is 0.434 e. The monoisotopic (exact) mass is 308 g/mol. The Hall–Kier alpha value is -1.53. The molecule has 100 valence electrons. The topological polar surface area (TPSA) is 35.0 Å². The van der Waals surface area contributed by atoms with Gasteiger partial charge in [-0.25, -0.2) is 14.4 Å². The maximum atomic E-state index is 13.2. The molecule has 1 aromatic carbocycles. The van der Waals surface area contributed by atoms with Crippen molar-refractivity contribution in [3.8, 4) is 17.1 Å². The lowest BCUT2D eigenvalue weighted by Gasteiger charge is -2.10. The lowest BCUT2D eigenvalue weighted by Crippen LogP contribution is -2.04. The number of rotatable bonds is 3. The molecule has 0 aliphatic rings. The molecule has 0 fully saturated rings. The minimum absolute atomic E-state index is 0.104. The van der Waals surface area contributed by atoms with Crippen molar-refractivity contribution >= 4 is 23.2 Å². The Labute approximate surface area is 116 Å². The molecule has 0 N–H and O–H groups in total. The average Bonchev–Trinajstić information content (AvgIpc) is 2.35. The van der Waals surface area contributed by atoms with E-state index in [9.17, 15) is 13.2 Å². The summed E-state index contributed by atoms with van der Waals surface area (Å²) in [5.74, 6) is -1.23.